The zero-order chi connectivity index (χ0) is 50.5. The number of ether oxygens (including phenoxy) is 3. The summed E-state index contributed by atoms with van der Waals surface area (Å²) in [4.78, 5) is 59.2. The molecular formula is C51H61F3N6O9. The van der Waals surface area contributed by atoms with Gasteiger partial charge in [0.25, 0.3) is 5.91 Å². The first kappa shape index (κ1) is 51.9. The lowest BCUT2D eigenvalue weighted by atomic mass is 9.49. The van der Waals surface area contributed by atoms with Gasteiger partial charge in [-0.25, -0.2) is 4.98 Å². The third kappa shape index (κ3) is 12.2. The van der Waals surface area contributed by atoms with Crippen molar-refractivity contribution in [3.05, 3.63) is 101 Å². The van der Waals surface area contributed by atoms with Crippen LogP contribution in [0.4, 0.5) is 13.2 Å². The van der Waals surface area contributed by atoms with Crippen LogP contribution in [-0.4, -0.2) is 95.3 Å². The number of halogens is 3. The molecule has 0 spiro atoms. The van der Waals surface area contributed by atoms with E-state index in [1.165, 1.54) is 17.4 Å². The Kier molecular flexibility index (Phi) is 15.8. The van der Waals surface area contributed by atoms with Gasteiger partial charge in [0.2, 0.25) is 17.7 Å². The Balaban J connectivity index is 0.903. The lowest BCUT2D eigenvalue weighted by Crippen LogP contribution is -2.74. The van der Waals surface area contributed by atoms with Gasteiger partial charge in [-0.15, -0.1) is 0 Å². The summed E-state index contributed by atoms with van der Waals surface area (Å²) >= 11 is 0. The molecule has 4 N–H and O–H groups in total. The Bertz CT molecular complexity index is 2500. The number of nitrogens with zero attached hydrogens (tertiary/aromatic N) is 3. The molecule has 2 aliphatic rings. The van der Waals surface area contributed by atoms with Crippen molar-refractivity contribution in [2.75, 3.05) is 26.4 Å². The maximum absolute atomic E-state index is 14.0. The first-order valence-electron chi connectivity index (χ1n) is 22.9. The minimum absolute atomic E-state index is 0.0156. The number of unbranched alkanes of at least 4 members (excludes halogenated alkanes) is 1. The SMILES string of the molecule is Cc1ncoc1-c1ccc(CNC(=O)[C@@H]2C[C@@H](O)CN2C(=O)C(NC(=O)COCCCCOc2ccc(C(=O)NC3C(C)(C)C(Oc4ccc(C#N)c(C(F)(F)F)c4)C3(C)C)cc2)C(C)(C)C)cc1. The standard InChI is InChI=1S/C51H61F3N6O9/c1-30-41(68-29-57-30)32-13-11-31(12-14-32)26-56-44(64)39-23-35(61)27-60(39)45(65)42(48(2,3)4)58-40(62)28-66-21-9-10-22-67-36-18-15-33(16-19-36)43(63)59-46-49(5,6)47(50(46,7)8)69-37-20-17-34(25-55)38(24-37)51(52,53)54/h11-20,24,29,35,39,42,46-47,61H,9-10,21-23,26-28H2,1-8H3,(H,56,64)(H,58,62)(H,59,63)/t35-,39+,42?,46?,47?/m1/s1. The summed E-state index contributed by atoms with van der Waals surface area (Å²) in [7, 11) is 0. The first-order chi connectivity index (χ1) is 32.4. The molecule has 1 saturated carbocycles. The van der Waals surface area contributed by atoms with Gasteiger partial charge >= 0.3 is 6.18 Å². The minimum atomic E-state index is -4.72. The van der Waals surface area contributed by atoms with Gasteiger partial charge in [0.15, 0.2) is 12.2 Å². The molecule has 1 aliphatic carbocycles. The molecule has 4 aromatic rings. The number of likely N-dealkylation sites (tertiary alicyclic amines) is 1. The van der Waals surface area contributed by atoms with E-state index in [1.54, 1.807) is 51.1 Å². The number of nitriles is 1. The minimum Gasteiger partial charge on any atom is -0.494 e. The molecule has 370 valence electrons. The number of alkyl halides is 3. The highest BCUT2D eigenvalue weighted by atomic mass is 19.4. The van der Waals surface area contributed by atoms with E-state index in [4.69, 9.17) is 23.9 Å². The van der Waals surface area contributed by atoms with Gasteiger partial charge < -0.3 is 44.6 Å². The van der Waals surface area contributed by atoms with E-state index in [1.807, 2.05) is 58.9 Å². The average Bonchev–Trinajstić information content (AvgIpc) is 3.92. The van der Waals surface area contributed by atoms with Crippen molar-refractivity contribution in [2.45, 2.75) is 118 Å². The lowest BCUT2D eigenvalue weighted by molar-refractivity contribution is -0.164. The fourth-order valence-corrected chi connectivity index (χ4v) is 9.43. The molecule has 1 unspecified atom stereocenters. The number of nitrogens with one attached hydrogen (secondary N) is 3. The molecule has 4 amide bonds. The molecule has 3 aromatic carbocycles. The fraction of sp³-hybridized carbons (Fsp3) is 0.490. The first-order valence-corrected chi connectivity index (χ1v) is 22.9. The fourth-order valence-electron chi connectivity index (χ4n) is 9.43. The Labute approximate surface area is 400 Å². The number of carbonyl (C=O) groups is 4. The number of β-amino-alcohol motifs (C(OH)–C–C–N with tert-alkyl or cyclic N) is 1. The number of aromatic nitrogens is 1. The third-order valence-corrected chi connectivity index (χ3v) is 12.8. The Morgan fingerprint density at radius 2 is 1.61 bits per heavy atom. The van der Waals surface area contributed by atoms with Crippen LogP contribution in [0, 0.1) is 34.5 Å². The summed E-state index contributed by atoms with van der Waals surface area (Å²) in [6, 6.07) is 16.6. The van der Waals surface area contributed by atoms with Gasteiger partial charge in [-0.05, 0) is 73.2 Å². The molecule has 2 fully saturated rings. The zero-order valence-corrected chi connectivity index (χ0v) is 40.2. The molecule has 3 atom stereocenters. The number of hydrogen-bond acceptors (Lipinski definition) is 11. The molecule has 15 nitrogen and oxygen atoms in total. The molecule has 1 saturated heterocycles. The van der Waals surface area contributed by atoms with Crippen molar-refractivity contribution in [1.82, 2.24) is 25.8 Å². The normalized spacial score (nSPS) is 20.0. The van der Waals surface area contributed by atoms with E-state index >= 15 is 0 Å². The average molecular weight is 959 g/mol. The summed E-state index contributed by atoms with van der Waals surface area (Å²) in [6.45, 7) is 15.2. The monoisotopic (exact) mass is 958 g/mol. The van der Waals surface area contributed by atoms with Crippen molar-refractivity contribution in [3.63, 3.8) is 0 Å². The molecule has 1 aliphatic heterocycles. The van der Waals surface area contributed by atoms with Crippen LogP contribution >= 0.6 is 0 Å². The molecular weight excluding hydrogens is 898 g/mol. The number of hydrogen-bond donors (Lipinski definition) is 4. The molecule has 69 heavy (non-hydrogen) atoms. The second kappa shape index (κ2) is 21.0. The van der Waals surface area contributed by atoms with E-state index in [-0.39, 0.29) is 50.4 Å². The second-order valence-electron chi connectivity index (χ2n) is 19.9. The number of amides is 4. The quantitative estimate of drug-likeness (QED) is 0.0738. The number of rotatable bonds is 18. The number of aliphatic hydroxyl groups excluding tert-OH is 1. The van der Waals surface area contributed by atoms with Crippen molar-refractivity contribution < 1.29 is 56.1 Å². The Hall–Kier alpha value is -6.45. The van der Waals surface area contributed by atoms with Gasteiger partial charge in [0.05, 0.1) is 35.6 Å². The predicted molar refractivity (Wildman–Crippen MR) is 247 cm³/mol. The molecule has 0 radical (unpaired) electrons. The Morgan fingerprint density at radius 1 is 0.957 bits per heavy atom. The topological polar surface area (TPSA) is 205 Å². The van der Waals surface area contributed by atoms with E-state index in [2.05, 4.69) is 20.9 Å². The molecule has 18 heteroatoms. The summed E-state index contributed by atoms with van der Waals surface area (Å²) in [5.74, 6) is -0.542. The highest BCUT2D eigenvalue weighted by Crippen LogP contribution is 2.56. The number of oxazole rings is 1. The zero-order valence-electron chi connectivity index (χ0n) is 40.2. The molecule has 1 aromatic heterocycles. The van der Waals surface area contributed by atoms with Gasteiger partial charge in [-0.1, -0.05) is 72.7 Å². The number of carbonyl (C=O) groups excluding carboxylic acids is 4. The van der Waals surface area contributed by atoms with Crippen LogP contribution in [0.1, 0.15) is 100 Å². The molecule has 0 bridgehead atoms. The maximum atomic E-state index is 14.0. The lowest BCUT2D eigenvalue weighted by Gasteiger charge is -2.63. The highest BCUT2D eigenvalue weighted by molar-refractivity contribution is 5.95. The van der Waals surface area contributed by atoms with Crippen LogP contribution in [0.3, 0.4) is 0 Å². The van der Waals surface area contributed by atoms with Crippen molar-refractivity contribution in [1.29, 1.82) is 5.26 Å². The van der Waals surface area contributed by atoms with E-state index in [0.717, 1.165) is 29.0 Å². The predicted octanol–water partition coefficient (Wildman–Crippen LogP) is 7.14. The van der Waals surface area contributed by atoms with E-state index in [0.29, 0.717) is 36.5 Å². The van der Waals surface area contributed by atoms with E-state index in [9.17, 15) is 37.5 Å². The molecule has 2 heterocycles. The van der Waals surface area contributed by atoms with Crippen LogP contribution in [0.5, 0.6) is 11.5 Å². The van der Waals surface area contributed by atoms with Gasteiger partial charge in [-0.3, -0.25) is 19.2 Å². The Morgan fingerprint density at radius 3 is 2.22 bits per heavy atom. The largest absolute Gasteiger partial charge is 0.494 e. The number of benzene rings is 3. The van der Waals surface area contributed by atoms with Crippen molar-refractivity contribution >= 4 is 23.6 Å². The summed E-state index contributed by atoms with van der Waals surface area (Å²) < 4.78 is 63.8. The van der Waals surface area contributed by atoms with Crippen LogP contribution in [-0.2, 0) is 31.8 Å². The van der Waals surface area contributed by atoms with Crippen LogP contribution < -0.4 is 25.4 Å². The number of aliphatic hydroxyl groups is 1. The third-order valence-electron chi connectivity index (χ3n) is 12.8. The summed E-state index contributed by atoms with van der Waals surface area (Å²) in [6.07, 6.45) is -3.58. The maximum Gasteiger partial charge on any atom is 0.417 e. The van der Waals surface area contributed by atoms with Crippen molar-refractivity contribution in [3.8, 4) is 28.9 Å². The highest BCUT2D eigenvalue weighted by Gasteiger charge is 2.64. The molecule has 6 rings (SSSR count). The van der Waals surface area contributed by atoms with E-state index < -0.39 is 75.6 Å². The van der Waals surface area contributed by atoms with Gasteiger partial charge in [0.1, 0.15) is 36.3 Å². The van der Waals surface area contributed by atoms with Crippen LogP contribution in [0.2, 0.25) is 0 Å². The van der Waals surface area contributed by atoms with Crippen LogP contribution in [0.25, 0.3) is 11.3 Å². The summed E-state index contributed by atoms with van der Waals surface area (Å²) in [5.41, 5.74) is -0.783. The smallest absolute Gasteiger partial charge is 0.417 e. The number of aryl methyl sites for hydroxylation is 1. The second-order valence-corrected chi connectivity index (χ2v) is 19.9. The van der Waals surface area contributed by atoms with Gasteiger partial charge in [-0.2, -0.15) is 18.4 Å². The van der Waals surface area contributed by atoms with Crippen LogP contribution in [0.15, 0.2) is 77.5 Å². The summed E-state index contributed by atoms with van der Waals surface area (Å²) in [5, 5.41) is 28.4. The van der Waals surface area contributed by atoms with Crippen molar-refractivity contribution in [2.24, 2.45) is 16.2 Å². The van der Waals surface area contributed by atoms with Gasteiger partial charge in [0, 0.05) is 54.1 Å².